The predicted molar refractivity (Wildman–Crippen MR) is 119 cm³/mol. The van der Waals surface area contributed by atoms with Crippen LogP contribution in [0.2, 0.25) is 0 Å². The average molecular weight is 436 g/mol. The highest BCUT2D eigenvalue weighted by molar-refractivity contribution is 5.94. The maximum atomic E-state index is 13.7. The molecule has 7 nitrogen and oxygen atoms in total. The van der Waals surface area contributed by atoms with Crippen LogP contribution >= 0.6 is 0 Å². The van der Waals surface area contributed by atoms with Crippen LogP contribution in [0.4, 0.5) is 4.39 Å². The topological polar surface area (TPSA) is 93.0 Å². The number of aromatic nitrogens is 4. The van der Waals surface area contributed by atoms with Crippen LogP contribution < -0.4 is 0 Å². The van der Waals surface area contributed by atoms with Crippen molar-refractivity contribution in [3.05, 3.63) is 53.6 Å². The molecule has 3 aromatic heterocycles. The molecule has 0 spiro atoms. The van der Waals surface area contributed by atoms with Crippen molar-refractivity contribution >= 4 is 28.0 Å². The summed E-state index contributed by atoms with van der Waals surface area (Å²) in [5.41, 5.74) is 4.86. The number of nitrogens with zero attached hydrogens (tertiary/aromatic N) is 3. The Morgan fingerprint density at radius 2 is 2.03 bits per heavy atom. The summed E-state index contributed by atoms with van der Waals surface area (Å²) < 4.78 is 21.4. The van der Waals surface area contributed by atoms with Gasteiger partial charge in [0.25, 0.3) is 0 Å². The molecule has 1 aliphatic carbocycles. The van der Waals surface area contributed by atoms with Gasteiger partial charge < -0.3 is 14.4 Å². The Bertz CT molecular complexity index is 1320. The number of rotatable bonds is 6. The van der Waals surface area contributed by atoms with Gasteiger partial charge in [-0.1, -0.05) is 13.8 Å². The molecule has 8 heteroatoms. The normalized spacial score (nSPS) is 18.9. The molecule has 166 valence electrons. The van der Waals surface area contributed by atoms with Crippen molar-refractivity contribution in [1.29, 1.82) is 0 Å². The van der Waals surface area contributed by atoms with Crippen LogP contribution in [-0.4, -0.2) is 44.5 Å². The summed E-state index contributed by atoms with van der Waals surface area (Å²) in [6.45, 7) is 4.68. The van der Waals surface area contributed by atoms with E-state index in [4.69, 9.17) is 9.72 Å². The van der Waals surface area contributed by atoms with Gasteiger partial charge in [-0.2, -0.15) is 5.10 Å². The molecule has 3 heterocycles. The highest BCUT2D eigenvalue weighted by Gasteiger charge is 2.42. The number of carbonyl (C=O) groups is 1. The van der Waals surface area contributed by atoms with E-state index >= 15 is 0 Å². The maximum absolute atomic E-state index is 13.7. The minimum absolute atomic E-state index is 0.0688. The number of halogens is 1. The first-order valence-electron chi connectivity index (χ1n) is 10.7. The van der Waals surface area contributed by atoms with Crippen molar-refractivity contribution < 1.29 is 19.0 Å². The Morgan fingerprint density at radius 1 is 1.31 bits per heavy atom. The molecule has 0 atom stereocenters. The van der Waals surface area contributed by atoms with E-state index in [0.29, 0.717) is 25.1 Å². The lowest BCUT2D eigenvalue weighted by Gasteiger charge is -2.36. The van der Waals surface area contributed by atoms with Crippen molar-refractivity contribution in [2.24, 2.45) is 5.92 Å². The van der Waals surface area contributed by atoms with Crippen LogP contribution in [0.25, 0.3) is 27.8 Å². The number of nitrogens with one attached hydrogen (secondary N) is 1. The van der Waals surface area contributed by atoms with E-state index < -0.39 is 11.4 Å². The van der Waals surface area contributed by atoms with E-state index in [1.54, 1.807) is 25.4 Å². The Hall–Kier alpha value is -3.26. The summed E-state index contributed by atoms with van der Waals surface area (Å²) in [5, 5.41) is 17.4. The van der Waals surface area contributed by atoms with Gasteiger partial charge in [-0.3, -0.25) is 9.89 Å². The lowest BCUT2D eigenvalue weighted by atomic mass is 9.69. The molecule has 0 amide bonds. The van der Waals surface area contributed by atoms with Crippen LogP contribution in [0.3, 0.4) is 0 Å². The fraction of sp³-hybridized carbons (Fsp3) is 0.375. The Morgan fingerprint density at radius 3 is 2.69 bits per heavy atom. The zero-order valence-electron chi connectivity index (χ0n) is 18.2. The SMILES string of the molecule is COCC(C)(C)c1c(C2CC(C(=O)O)C2)c2nc3[nH]ncc3cc2n1-c1ccc(F)cc1. The van der Waals surface area contributed by atoms with Gasteiger partial charge in [-0.05, 0) is 49.1 Å². The fourth-order valence-electron chi connectivity index (χ4n) is 4.99. The minimum atomic E-state index is -0.759. The van der Waals surface area contributed by atoms with E-state index in [-0.39, 0.29) is 17.7 Å². The molecule has 32 heavy (non-hydrogen) atoms. The summed E-state index contributed by atoms with van der Waals surface area (Å²) in [7, 11) is 1.67. The first kappa shape index (κ1) is 20.6. The molecule has 2 N–H and O–H groups in total. The first-order chi connectivity index (χ1) is 15.3. The molecule has 0 unspecified atom stereocenters. The van der Waals surface area contributed by atoms with Gasteiger partial charge in [-0.15, -0.1) is 0 Å². The van der Waals surface area contributed by atoms with Crippen LogP contribution in [-0.2, 0) is 14.9 Å². The van der Waals surface area contributed by atoms with Gasteiger partial charge in [0.2, 0.25) is 0 Å². The van der Waals surface area contributed by atoms with Gasteiger partial charge in [0.1, 0.15) is 5.82 Å². The highest BCUT2D eigenvalue weighted by atomic mass is 19.1. The van der Waals surface area contributed by atoms with Crippen LogP contribution in [0.15, 0.2) is 36.5 Å². The van der Waals surface area contributed by atoms with Crippen molar-refractivity contribution in [1.82, 2.24) is 19.7 Å². The Kier molecular flexibility index (Phi) is 4.78. The quantitative estimate of drug-likeness (QED) is 0.463. The number of carboxylic acids is 1. The Balaban J connectivity index is 1.84. The van der Waals surface area contributed by atoms with Crippen molar-refractivity contribution in [2.45, 2.75) is 38.0 Å². The van der Waals surface area contributed by atoms with Crippen molar-refractivity contribution in [3.8, 4) is 5.69 Å². The van der Waals surface area contributed by atoms with Crippen molar-refractivity contribution in [2.75, 3.05) is 13.7 Å². The third-order valence-electron chi connectivity index (χ3n) is 6.51. The summed E-state index contributed by atoms with van der Waals surface area (Å²) in [5.74, 6) is -1.34. The number of hydrogen-bond donors (Lipinski definition) is 2. The smallest absolute Gasteiger partial charge is 0.306 e. The molecule has 1 fully saturated rings. The number of hydrogen-bond acceptors (Lipinski definition) is 4. The molecule has 0 radical (unpaired) electrons. The highest BCUT2D eigenvalue weighted by Crippen LogP contribution is 2.49. The minimum Gasteiger partial charge on any atom is -0.481 e. The average Bonchev–Trinajstić information content (AvgIpc) is 3.28. The van der Waals surface area contributed by atoms with Crippen LogP contribution in [0.5, 0.6) is 0 Å². The molecule has 5 rings (SSSR count). The van der Waals surface area contributed by atoms with Crippen LogP contribution in [0.1, 0.15) is 43.9 Å². The maximum Gasteiger partial charge on any atom is 0.306 e. The number of fused-ring (bicyclic) bond motifs is 2. The first-order valence-corrected chi connectivity index (χ1v) is 10.7. The number of methoxy groups -OCH3 is 1. The number of pyridine rings is 1. The van der Waals surface area contributed by atoms with Crippen LogP contribution in [0, 0.1) is 11.7 Å². The molecule has 1 aromatic carbocycles. The molecule has 0 saturated heterocycles. The van der Waals surface area contributed by atoms with E-state index in [2.05, 4.69) is 28.6 Å². The number of aromatic amines is 1. The number of ether oxygens (including phenoxy) is 1. The molecular weight excluding hydrogens is 411 g/mol. The number of benzene rings is 1. The largest absolute Gasteiger partial charge is 0.481 e. The van der Waals surface area contributed by atoms with E-state index in [0.717, 1.165) is 33.4 Å². The molecule has 0 bridgehead atoms. The lowest BCUT2D eigenvalue weighted by molar-refractivity contribution is -0.145. The molecule has 1 aliphatic rings. The predicted octanol–water partition coefficient (Wildman–Crippen LogP) is 4.54. The third-order valence-corrected chi connectivity index (χ3v) is 6.51. The summed E-state index contributed by atoms with van der Waals surface area (Å²) >= 11 is 0. The lowest BCUT2D eigenvalue weighted by Crippen LogP contribution is -2.33. The summed E-state index contributed by atoms with van der Waals surface area (Å²) in [4.78, 5) is 16.4. The second kappa shape index (κ2) is 7.41. The van der Waals surface area contributed by atoms with Crippen molar-refractivity contribution in [3.63, 3.8) is 0 Å². The van der Waals surface area contributed by atoms with Gasteiger partial charge >= 0.3 is 5.97 Å². The van der Waals surface area contributed by atoms with Gasteiger partial charge in [0.05, 0.1) is 29.8 Å². The second-order valence-corrected chi connectivity index (χ2v) is 9.26. The third kappa shape index (κ3) is 3.17. The molecular formula is C24H25FN4O3. The summed E-state index contributed by atoms with van der Waals surface area (Å²) in [6, 6.07) is 8.44. The van der Waals surface area contributed by atoms with Gasteiger partial charge in [0, 0.05) is 34.9 Å². The fourth-order valence-corrected chi connectivity index (χ4v) is 4.99. The van der Waals surface area contributed by atoms with E-state index in [1.165, 1.54) is 12.1 Å². The zero-order chi connectivity index (χ0) is 22.6. The zero-order valence-corrected chi connectivity index (χ0v) is 18.2. The van der Waals surface area contributed by atoms with E-state index in [1.807, 2.05) is 6.07 Å². The molecule has 4 aromatic rings. The molecule has 0 aliphatic heterocycles. The number of H-pyrrole nitrogens is 1. The standard InChI is InChI=1S/C24H25FN4O3/c1-24(2,12-32-3)21-19(13-8-14(9-13)23(30)31)20-18(10-15-11-26-28-22(15)27-20)29(21)17-6-4-16(25)5-7-17/h4-7,10-11,13-14H,8-9,12H2,1-3H3,(H,30,31)(H,26,27,28). The number of aliphatic carboxylic acids is 1. The summed E-state index contributed by atoms with van der Waals surface area (Å²) in [6.07, 6.45) is 2.86. The van der Waals surface area contributed by atoms with E-state index in [9.17, 15) is 14.3 Å². The monoisotopic (exact) mass is 436 g/mol. The molecule has 1 saturated carbocycles. The number of carboxylic acid groups (broad SMARTS) is 1. The Labute approximate surface area is 184 Å². The van der Waals surface area contributed by atoms with Gasteiger partial charge in [-0.25, -0.2) is 9.37 Å². The second-order valence-electron chi connectivity index (χ2n) is 9.26. The van der Waals surface area contributed by atoms with Gasteiger partial charge in [0.15, 0.2) is 5.65 Å².